The molecule has 8 heteroatoms. The first kappa shape index (κ1) is 25.1. The lowest BCUT2D eigenvalue weighted by Gasteiger charge is -2.27. The third-order valence-corrected chi connectivity index (χ3v) is 5.11. The second kappa shape index (κ2) is 10.6. The lowest BCUT2D eigenvalue weighted by Crippen LogP contribution is -2.50. The molecule has 0 saturated carbocycles. The topological polar surface area (TPSA) is 79.3 Å². The molecule has 0 saturated heterocycles. The molecule has 2 aromatic carbocycles. The number of anilines is 1. The van der Waals surface area contributed by atoms with Gasteiger partial charge >= 0.3 is 6.03 Å². The number of hydrogen-bond donors (Lipinski definition) is 2. The Morgan fingerprint density at radius 1 is 1.12 bits per heavy atom. The van der Waals surface area contributed by atoms with Crippen molar-refractivity contribution in [1.29, 1.82) is 0 Å². The van der Waals surface area contributed by atoms with E-state index in [0.29, 0.717) is 16.7 Å². The largest absolute Gasteiger partial charge is 0.333 e. The van der Waals surface area contributed by atoms with Crippen LogP contribution in [-0.4, -0.2) is 45.0 Å². The first-order valence-corrected chi connectivity index (χ1v) is 11.3. The van der Waals surface area contributed by atoms with Crippen molar-refractivity contribution in [3.05, 3.63) is 78.0 Å². The molecule has 3 amide bonds. The molecule has 0 unspecified atom stereocenters. The van der Waals surface area contributed by atoms with Gasteiger partial charge in [0.2, 0.25) is 11.9 Å². The molecule has 3 aromatic rings. The van der Waals surface area contributed by atoms with Crippen LogP contribution in [0.3, 0.4) is 0 Å². The molecule has 178 valence electrons. The number of carbonyl (C=O) groups is 2. The summed E-state index contributed by atoms with van der Waals surface area (Å²) in [5, 5.41) is 6.37. The van der Waals surface area contributed by atoms with Crippen LogP contribution in [0.2, 0.25) is 5.02 Å². The number of carbonyl (C=O) groups excluding carboxylic acids is 2. The van der Waals surface area contributed by atoms with Crippen LogP contribution in [0.5, 0.6) is 0 Å². The number of hydrogen-bond acceptors (Lipinski definition) is 3. The van der Waals surface area contributed by atoms with E-state index in [-0.39, 0.29) is 25.0 Å². The summed E-state index contributed by atoms with van der Waals surface area (Å²) in [5.74, 6) is -0.0129. The van der Waals surface area contributed by atoms with E-state index < -0.39 is 5.54 Å². The third-order valence-electron chi connectivity index (χ3n) is 4.86. The number of halogens is 1. The van der Waals surface area contributed by atoms with E-state index in [1.807, 2.05) is 74.9 Å². The van der Waals surface area contributed by atoms with Crippen molar-refractivity contribution in [3.8, 4) is 16.9 Å². The van der Waals surface area contributed by atoms with Crippen molar-refractivity contribution >= 4 is 29.5 Å². The van der Waals surface area contributed by atoms with Gasteiger partial charge in [0, 0.05) is 34.6 Å². The van der Waals surface area contributed by atoms with Crippen molar-refractivity contribution in [2.45, 2.75) is 33.2 Å². The van der Waals surface area contributed by atoms with Gasteiger partial charge in [-0.15, -0.1) is 6.58 Å². The van der Waals surface area contributed by atoms with E-state index in [9.17, 15) is 9.59 Å². The summed E-state index contributed by atoms with van der Waals surface area (Å²) >= 11 is 6.03. The van der Waals surface area contributed by atoms with Crippen molar-refractivity contribution in [2.24, 2.45) is 0 Å². The highest BCUT2D eigenvalue weighted by Crippen LogP contribution is 2.25. The second-order valence-corrected chi connectivity index (χ2v) is 9.50. The molecule has 34 heavy (non-hydrogen) atoms. The molecule has 0 spiro atoms. The zero-order valence-electron chi connectivity index (χ0n) is 19.9. The van der Waals surface area contributed by atoms with Gasteiger partial charge in [-0.2, -0.15) is 0 Å². The fraction of sp³-hybridized carbons (Fsp3) is 0.269. The number of rotatable bonds is 7. The van der Waals surface area contributed by atoms with Gasteiger partial charge in [-0.3, -0.25) is 14.7 Å². The minimum Gasteiger partial charge on any atom is -0.333 e. The Balaban J connectivity index is 1.88. The van der Waals surface area contributed by atoms with Crippen molar-refractivity contribution in [2.75, 3.05) is 18.4 Å². The summed E-state index contributed by atoms with van der Waals surface area (Å²) < 4.78 is 1.81. The number of imidazole rings is 1. The van der Waals surface area contributed by atoms with E-state index in [2.05, 4.69) is 22.2 Å². The van der Waals surface area contributed by atoms with Crippen LogP contribution in [0.4, 0.5) is 10.7 Å². The van der Waals surface area contributed by atoms with Crippen LogP contribution in [0.1, 0.15) is 26.3 Å². The van der Waals surface area contributed by atoms with E-state index >= 15 is 0 Å². The van der Waals surface area contributed by atoms with Crippen LogP contribution in [0.15, 0.2) is 67.4 Å². The number of nitrogens with zero attached hydrogens (tertiary/aromatic N) is 3. The number of aryl methyl sites for hydroxylation is 1. The maximum Gasteiger partial charge on any atom is 0.318 e. The van der Waals surface area contributed by atoms with Crippen molar-refractivity contribution in [1.82, 2.24) is 19.8 Å². The Hall–Kier alpha value is -3.58. The SMILES string of the molecule is C=CCN(CC(=O)Nc1nc(-c2ccc(Cl)cc2)cn1-c1ccc(C)cc1)C(=O)NC(C)(C)C. The van der Waals surface area contributed by atoms with E-state index in [0.717, 1.165) is 16.8 Å². The highest BCUT2D eigenvalue weighted by atomic mass is 35.5. The van der Waals surface area contributed by atoms with Crippen LogP contribution in [0.25, 0.3) is 16.9 Å². The number of aromatic nitrogens is 2. The molecule has 1 aromatic heterocycles. The lowest BCUT2D eigenvalue weighted by molar-refractivity contribution is -0.116. The number of urea groups is 1. The molecule has 0 aliphatic rings. The summed E-state index contributed by atoms with van der Waals surface area (Å²) in [7, 11) is 0. The predicted molar refractivity (Wildman–Crippen MR) is 137 cm³/mol. The number of amides is 3. The Morgan fingerprint density at radius 3 is 2.35 bits per heavy atom. The monoisotopic (exact) mass is 479 g/mol. The first-order chi connectivity index (χ1) is 16.1. The third kappa shape index (κ3) is 6.71. The second-order valence-electron chi connectivity index (χ2n) is 9.06. The zero-order valence-corrected chi connectivity index (χ0v) is 20.7. The molecular weight excluding hydrogens is 450 g/mol. The average Bonchev–Trinajstić information content (AvgIpc) is 3.16. The van der Waals surface area contributed by atoms with Gasteiger partial charge in [-0.25, -0.2) is 9.78 Å². The van der Waals surface area contributed by atoms with Crippen LogP contribution >= 0.6 is 11.6 Å². The number of benzene rings is 2. The molecule has 0 fully saturated rings. The van der Waals surface area contributed by atoms with Crippen LogP contribution < -0.4 is 10.6 Å². The van der Waals surface area contributed by atoms with E-state index in [1.54, 1.807) is 18.2 Å². The Kier molecular flexibility index (Phi) is 7.79. The van der Waals surface area contributed by atoms with Gasteiger partial charge in [0.1, 0.15) is 6.54 Å². The lowest BCUT2D eigenvalue weighted by atomic mass is 10.1. The summed E-state index contributed by atoms with van der Waals surface area (Å²) in [6, 6.07) is 14.9. The Morgan fingerprint density at radius 2 is 1.76 bits per heavy atom. The first-order valence-electron chi connectivity index (χ1n) is 11.0. The van der Waals surface area contributed by atoms with Gasteiger partial charge < -0.3 is 10.2 Å². The van der Waals surface area contributed by atoms with Gasteiger partial charge in [0.25, 0.3) is 0 Å². The fourth-order valence-electron chi connectivity index (χ4n) is 3.24. The minimum absolute atomic E-state index is 0.148. The smallest absolute Gasteiger partial charge is 0.318 e. The molecule has 0 atom stereocenters. The van der Waals surface area contributed by atoms with E-state index in [1.165, 1.54) is 4.90 Å². The highest BCUT2D eigenvalue weighted by Gasteiger charge is 2.22. The maximum atomic E-state index is 13.0. The molecule has 0 aliphatic carbocycles. The van der Waals surface area contributed by atoms with Crippen LogP contribution in [-0.2, 0) is 4.79 Å². The molecule has 3 rings (SSSR count). The quantitative estimate of drug-likeness (QED) is 0.443. The fourth-order valence-corrected chi connectivity index (χ4v) is 3.37. The van der Waals surface area contributed by atoms with Gasteiger partial charge in [0.15, 0.2) is 0 Å². The van der Waals surface area contributed by atoms with E-state index in [4.69, 9.17) is 11.6 Å². The molecule has 1 heterocycles. The molecular formula is C26H30ClN5O2. The summed E-state index contributed by atoms with van der Waals surface area (Å²) in [6.07, 6.45) is 3.44. The van der Waals surface area contributed by atoms with Gasteiger partial charge in [0.05, 0.1) is 5.69 Å². The summed E-state index contributed by atoms with van der Waals surface area (Å²) in [5.41, 5.74) is 3.09. The number of nitrogens with one attached hydrogen (secondary N) is 2. The molecule has 0 radical (unpaired) electrons. The molecule has 0 aliphatic heterocycles. The van der Waals surface area contributed by atoms with Crippen LogP contribution in [0, 0.1) is 6.92 Å². The summed E-state index contributed by atoms with van der Waals surface area (Å²) in [4.78, 5) is 31.6. The Bertz CT molecular complexity index is 1160. The standard InChI is InChI=1S/C26H30ClN5O2/c1-6-15-31(25(34)30-26(3,4)5)17-23(33)29-24-28-22(19-9-11-20(27)12-10-19)16-32(24)21-13-7-18(2)8-14-21/h6-14,16H,1,15,17H2,2-5H3,(H,30,34)(H,28,29,33). The highest BCUT2D eigenvalue weighted by molar-refractivity contribution is 6.30. The Labute approximate surface area is 205 Å². The van der Waals surface area contributed by atoms with Crippen molar-refractivity contribution < 1.29 is 9.59 Å². The summed E-state index contributed by atoms with van der Waals surface area (Å²) in [6.45, 7) is 11.4. The molecule has 0 bridgehead atoms. The maximum absolute atomic E-state index is 13.0. The molecule has 2 N–H and O–H groups in total. The van der Waals surface area contributed by atoms with Gasteiger partial charge in [-0.1, -0.05) is 47.5 Å². The minimum atomic E-state index is -0.428. The predicted octanol–water partition coefficient (Wildman–Crippen LogP) is 5.44. The zero-order chi connectivity index (χ0) is 24.9. The average molecular weight is 480 g/mol. The molecule has 7 nitrogen and oxygen atoms in total. The van der Waals surface area contributed by atoms with Gasteiger partial charge in [-0.05, 0) is 52.0 Å². The normalized spacial score (nSPS) is 11.1. The van der Waals surface area contributed by atoms with Crippen molar-refractivity contribution in [3.63, 3.8) is 0 Å².